The first kappa shape index (κ1) is 24.6. The van der Waals surface area contributed by atoms with Crippen LogP contribution in [0.5, 0.6) is 0 Å². The smallest absolute Gasteiger partial charge is 0.261 e. The van der Waals surface area contributed by atoms with Gasteiger partial charge in [-0.1, -0.05) is 94.3 Å². The monoisotopic (exact) mass is 521 g/mol. The van der Waals surface area contributed by atoms with Crippen LogP contribution in [0.1, 0.15) is 85.3 Å². The number of carbonyl (C=O) groups excluding carboxylic acids is 1. The number of hydrogen-bond donors (Lipinski definition) is 1. The molecule has 0 radical (unpaired) electrons. The van der Waals surface area contributed by atoms with Crippen LogP contribution in [0.4, 0.5) is 5.69 Å². The zero-order valence-corrected chi connectivity index (χ0v) is 23.5. The summed E-state index contributed by atoms with van der Waals surface area (Å²) < 4.78 is 0. The number of rotatable bonds is 3. The van der Waals surface area contributed by atoms with Gasteiger partial charge in [0.15, 0.2) is 6.23 Å². The van der Waals surface area contributed by atoms with Gasteiger partial charge in [-0.25, -0.2) is 0 Å². The number of aliphatic hydroxyl groups excluding tert-OH is 1. The largest absolute Gasteiger partial charge is 0.369 e. The van der Waals surface area contributed by atoms with Gasteiger partial charge in [0, 0.05) is 22.1 Å². The van der Waals surface area contributed by atoms with Crippen molar-refractivity contribution in [3.63, 3.8) is 0 Å². The Morgan fingerprint density at radius 1 is 0.700 bits per heavy atom. The summed E-state index contributed by atoms with van der Waals surface area (Å²) in [6.45, 7) is 10.4. The average Bonchev–Trinajstić information content (AvgIpc) is 2.95. The zero-order valence-electron chi connectivity index (χ0n) is 23.5. The maximum Gasteiger partial charge on any atom is 0.261 e. The van der Waals surface area contributed by atoms with E-state index in [-0.39, 0.29) is 17.7 Å². The Bertz CT molecular complexity index is 2030. The Labute approximate surface area is 234 Å². The van der Waals surface area contributed by atoms with Gasteiger partial charge in [0.1, 0.15) is 0 Å². The summed E-state index contributed by atoms with van der Waals surface area (Å²) in [7, 11) is 0. The lowest BCUT2D eigenvalue weighted by atomic mass is 9.83. The summed E-state index contributed by atoms with van der Waals surface area (Å²) in [4.78, 5) is 16.0. The minimum absolute atomic E-state index is 0.156. The molecule has 1 atom stereocenters. The molecular formula is C37H31NO2. The molecule has 7 rings (SSSR count). The highest BCUT2D eigenvalue weighted by atomic mass is 16.3. The molecule has 1 amide bonds. The van der Waals surface area contributed by atoms with Crippen LogP contribution in [0, 0.1) is 11.8 Å². The number of hydrogen-bond acceptors (Lipinski definition) is 2. The minimum atomic E-state index is -1.08. The number of anilines is 1. The van der Waals surface area contributed by atoms with E-state index in [1.165, 1.54) is 5.39 Å². The topological polar surface area (TPSA) is 40.5 Å². The fraction of sp³-hybridized carbons (Fsp3) is 0.216. The molecule has 0 aliphatic carbocycles. The first-order chi connectivity index (χ1) is 19.3. The summed E-state index contributed by atoms with van der Waals surface area (Å²) in [5.74, 6) is 6.55. The number of amides is 1. The fourth-order valence-electron chi connectivity index (χ4n) is 6.86. The molecular weight excluding hydrogens is 490 g/mol. The van der Waals surface area contributed by atoms with Gasteiger partial charge in [-0.3, -0.25) is 9.69 Å². The van der Waals surface area contributed by atoms with Crippen molar-refractivity contribution in [3.05, 3.63) is 101 Å². The first-order valence-electron chi connectivity index (χ1n) is 14.1. The van der Waals surface area contributed by atoms with E-state index in [0.717, 1.165) is 65.6 Å². The standard InChI is InChI=1S/C37H31NO2/c1-6-9-22-14-15-27-29-17-19-31-34-30(18-16-28(33(29)34)26-13-8-12-25(22)32(26)27)36(39)38(37(31)40)35-23(20(2)3)10-7-11-24(35)21(4)5/h7-8,10-21,36,39H,1-5H3. The van der Waals surface area contributed by atoms with Gasteiger partial charge in [0.05, 0.1) is 5.69 Å². The molecule has 1 heterocycles. The van der Waals surface area contributed by atoms with Crippen LogP contribution in [-0.4, -0.2) is 11.0 Å². The summed E-state index contributed by atoms with van der Waals surface area (Å²) in [6, 6.07) is 25.0. The molecule has 0 saturated carbocycles. The molecule has 196 valence electrons. The Morgan fingerprint density at radius 2 is 1.27 bits per heavy atom. The molecule has 3 nitrogen and oxygen atoms in total. The lowest BCUT2D eigenvalue weighted by molar-refractivity contribution is 0.0878. The number of nitrogens with zero attached hydrogens (tertiary/aromatic N) is 1. The van der Waals surface area contributed by atoms with Crippen LogP contribution in [0.25, 0.3) is 43.1 Å². The summed E-state index contributed by atoms with van der Waals surface area (Å²) >= 11 is 0. The Kier molecular flexibility index (Phi) is 5.43. The van der Waals surface area contributed by atoms with Crippen LogP contribution in [0.2, 0.25) is 0 Å². The highest BCUT2D eigenvalue weighted by molar-refractivity contribution is 6.36. The lowest BCUT2D eigenvalue weighted by Gasteiger charge is -2.37. The van der Waals surface area contributed by atoms with Crippen molar-refractivity contribution in [1.82, 2.24) is 0 Å². The summed E-state index contributed by atoms with van der Waals surface area (Å²) in [5.41, 5.74) is 5.40. The maximum atomic E-state index is 14.4. The molecule has 1 N–H and O–H groups in total. The maximum absolute atomic E-state index is 14.4. The van der Waals surface area contributed by atoms with Gasteiger partial charge >= 0.3 is 0 Å². The van der Waals surface area contributed by atoms with Crippen LogP contribution in [0.3, 0.4) is 0 Å². The van der Waals surface area contributed by atoms with Gasteiger partial charge in [-0.05, 0) is 79.7 Å². The lowest BCUT2D eigenvalue weighted by Crippen LogP contribution is -2.39. The van der Waals surface area contributed by atoms with E-state index in [1.54, 1.807) is 4.90 Å². The zero-order chi connectivity index (χ0) is 27.9. The molecule has 1 unspecified atom stereocenters. The number of carbonyl (C=O) groups is 1. The number of fused-ring (bicyclic) bond motifs is 2. The van der Waals surface area contributed by atoms with Crippen LogP contribution < -0.4 is 4.90 Å². The van der Waals surface area contributed by atoms with Gasteiger partial charge in [-0.2, -0.15) is 0 Å². The predicted molar refractivity (Wildman–Crippen MR) is 167 cm³/mol. The van der Waals surface area contributed by atoms with E-state index in [0.29, 0.717) is 5.56 Å². The Balaban J connectivity index is 1.56. The Morgan fingerprint density at radius 3 is 1.95 bits per heavy atom. The van der Waals surface area contributed by atoms with E-state index in [1.807, 2.05) is 19.1 Å². The predicted octanol–water partition coefficient (Wildman–Crippen LogP) is 9.01. The average molecular weight is 522 g/mol. The van der Waals surface area contributed by atoms with Crippen LogP contribution in [-0.2, 0) is 0 Å². The highest BCUT2D eigenvalue weighted by Crippen LogP contribution is 2.48. The van der Waals surface area contributed by atoms with E-state index in [2.05, 4.69) is 100 Å². The normalized spacial score (nSPS) is 15.2. The van der Waals surface area contributed by atoms with E-state index < -0.39 is 6.23 Å². The molecule has 1 aliphatic heterocycles. The van der Waals surface area contributed by atoms with Crippen molar-refractivity contribution in [2.45, 2.75) is 52.7 Å². The molecule has 1 aliphatic rings. The van der Waals surface area contributed by atoms with Crippen molar-refractivity contribution < 1.29 is 9.90 Å². The second-order valence-corrected chi connectivity index (χ2v) is 11.5. The summed E-state index contributed by atoms with van der Waals surface area (Å²) in [5, 5.41) is 20.7. The third-order valence-electron chi connectivity index (χ3n) is 8.63. The Hall–Kier alpha value is -4.39. The van der Waals surface area contributed by atoms with Crippen molar-refractivity contribution in [2.24, 2.45) is 0 Å². The third-order valence-corrected chi connectivity index (χ3v) is 8.63. The molecule has 0 spiro atoms. The SMILES string of the molecule is CC#Cc1ccc2c3ccc4c5c(ccc(c6cccc1c26)c53)C(O)N(c1c(C(C)C)cccc1C(C)C)C4=O. The molecule has 6 aromatic rings. The molecule has 0 fully saturated rings. The highest BCUT2D eigenvalue weighted by Gasteiger charge is 2.37. The quantitative estimate of drug-likeness (QED) is 0.143. The van der Waals surface area contributed by atoms with Crippen LogP contribution in [0.15, 0.2) is 72.8 Å². The molecule has 40 heavy (non-hydrogen) atoms. The minimum Gasteiger partial charge on any atom is -0.369 e. The van der Waals surface area contributed by atoms with E-state index in [9.17, 15) is 9.90 Å². The molecule has 0 bridgehead atoms. The molecule has 6 aromatic carbocycles. The van der Waals surface area contributed by atoms with Gasteiger partial charge < -0.3 is 5.11 Å². The first-order valence-corrected chi connectivity index (χ1v) is 14.1. The van der Waals surface area contributed by atoms with Crippen molar-refractivity contribution in [3.8, 4) is 11.8 Å². The number of benzene rings is 6. The van der Waals surface area contributed by atoms with Crippen molar-refractivity contribution in [2.75, 3.05) is 4.90 Å². The number of para-hydroxylation sites is 1. The van der Waals surface area contributed by atoms with Crippen molar-refractivity contribution >= 4 is 54.7 Å². The molecule has 3 heteroatoms. The van der Waals surface area contributed by atoms with Crippen molar-refractivity contribution in [1.29, 1.82) is 0 Å². The second kappa shape index (κ2) is 8.81. The molecule has 0 saturated heterocycles. The summed E-state index contributed by atoms with van der Waals surface area (Å²) in [6.07, 6.45) is -1.08. The van der Waals surface area contributed by atoms with Gasteiger partial charge in [-0.15, -0.1) is 5.92 Å². The number of aliphatic hydroxyl groups is 1. The second-order valence-electron chi connectivity index (χ2n) is 11.5. The molecule has 0 aromatic heterocycles. The fourth-order valence-corrected chi connectivity index (χ4v) is 6.86. The van der Waals surface area contributed by atoms with Gasteiger partial charge in [0.25, 0.3) is 5.91 Å². The van der Waals surface area contributed by atoms with Gasteiger partial charge in [0.2, 0.25) is 0 Å². The van der Waals surface area contributed by atoms with E-state index in [4.69, 9.17) is 0 Å². The van der Waals surface area contributed by atoms with E-state index >= 15 is 0 Å². The third kappa shape index (κ3) is 3.20. The van der Waals surface area contributed by atoms with Crippen LogP contribution >= 0.6 is 0 Å².